The molecule has 0 aliphatic heterocycles. The second-order valence-corrected chi connectivity index (χ2v) is 16.5. The normalized spacial score (nSPS) is 21.2. The Hall–Kier alpha value is -1.90. The minimum atomic E-state index is 0.788. The SMILES string of the molecule is CCCCCCC1CCC(Cc2cc(Oc3cnc(CCCCC)c(CC4CCC(CCCCCC)CC4)c3)cnc2CCCCC)CC1. The lowest BCUT2D eigenvalue weighted by molar-refractivity contribution is 0.256. The molecule has 0 aromatic carbocycles. The Balaban J connectivity index is 1.40. The Labute approximate surface area is 303 Å². The Morgan fingerprint density at radius 1 is 0.469 bits per heavy atom. The molecule has 3 heteroatoms. The summed E-state index contributed by atoms with van der Waals surface area (Å²) in [6.07, 6.45) is 41.4. The van der Waals surface area contributed by atoms with Gasteiger partial charge in [-0.2, -0.15) is 0 Å². The zero-order chi connectivity index (χ0) is 34.5. The van der Waals surface area contributed by atoms with E-state index in [0.29, 0.717) is 0 Å². The van der Waals surface area contributed by atoms with Crippen molar-refractivity contribution in [2.45, 2.75) is 207 Å². The zero-order valence-electron chi connectivity index (χ0n) is 32.7. The predicted octanol–water partition coefficient (Wildman–Crippen LogP) is 14.4. The topological polar surface area (TPSA) is 35.0 Å². The molecule has 0 atom stereocenters. The van der Waals surface area contributed by atoms with Crippen LogP contribution >= 0.6 is 0 Å². The maximum Gasteiger partial charge on any atom is 0.146 e. The van der Waals surface area contributed by atoms with Crippen molar-refractivity contribution in [2.75, 3.05) is 0 Å². The van der Waals surface area contributed by atoms with Crippen LogP contribution in [0.2, 0.25) is 0 Å². The number of rotatable bonds is 24. The van der Waals surface area contributed by atoms with Crippen molar-refractivity contribution in [2.24, 2.45) is 23.7 Å². The van der Waals surface area contributed by atoms with Gasteiger partial charge in [-0.25, -0.2) is 0 Å². The van der Waals surface area contributed by atoms with Gasteiger partial charge in [-0.1, -0.05) is 143 Å². The van der Waals surface area contributed by atoms with Crippen molar-refractivity contribution in [1.29, 1.82) is 0 Å². The molecule has 0 N–H and O–H groups in total. The predicted molar refractivity (Wildman–Crippen MR) is 211 cm³/mol. The molecule has 0 spiro atoms. The Morgan fingerprint density at radius 3 is 1.22 bits per heavy atom. The molecular weight excluding hydrogens is 597 g/mol. The van der Waals surface area contributed by atoms with Gasteiger partial charge in [0.2, 0.25) is 0 Å². The summed E-state index contributed by atoms with van der Waals surface area (Å²) in [6, 6.07) is 4.70. The van der Waals surface area contributed by atoms with Crippen LogP contribution in [0.3, 0.4) is 0 Å². The lowest BCUT2D eigenvalue weighted by atomic mass is 9.77. The number of unbranched alkanes of at least 4 members (excludes halogenated alkanes) is 10. The Morgan fingerprint density at radius 2 is 0.837 bits per heavy atom. The van der Waals surface area contributed by atoms with Gasteiger partial charge in [0.25, 0.3) is 0 Å². The molecule has 2 aromatic heterocycles. The van der Waals surface area contributed by atoms with Crippen molar-refractivity contribution >= 4 is 0 Å². The van der Waals surface area contributed by atoms with Crippen LogP contribution in [0.5, 0.6) is 11.5 Å². The first-order valence-electron chi connectivity index (χ1n) is 21.7. The standard InChI is InChI=1S/C46H76N2O/c1-5-9-13-17-19-37-23-27-39(28-24-37)31-41-33-43(35-47-45(41)21-15-11-7-3)49-44-34-42(46(48-36-44)22-16-12-8-4)32-40-29-25-38(26-30-40)20-18-14-10-6-2/h33-40H,5-32H2,1-4H3. The van der Waals surface area contributed by atoms with Gasteiger partial charge in [0.1, 0.15) is 11.5 Å². The molecule has 0 amide bonds. The third-order valence-corrected chi connectivity index (χ3v) is 12.2. The van der Waals surface area contributed by atoms with Crippen LogP contribution in [-0.2, 0) is 25.7 Å². The van der Waals surface area contributed by atoms with Gasteiger partial charge in [-0.05, 0) is 111 Å². The van der Waals surface area contributed by atoms with E-state index in [9.17, 15) is 0 Å². The van der Waals surface area contributed by atoms with Gasteiger partial charge in [0, 0.05) is 11.4 Å². The molecule has 2 aliphatic carbocycles. The summed E-state index contributed by atoms with van der Waals surface area (Å²) < 4.78 is 6.64. The number of pyridine rings is 2. The first-order chi connectivity index (χ1) is 24.1. The van der Waals surface area contributed by atoms with E-state index in [0.717, 1.165) is 60.9 Å². The highest BCUT2D eigenvalue weighted by Crippen LogP contribution is 2.37. The highest BCUT2D eigenvalue weighted by Gasteiger charge is 2.24. The van der Waals surface area contributed by atoms with Crippen LogP contribution in [0.4, 0.5) is 0 Å². The molecule has 2 aliphatic rings. The van der Waals surface area contributed by atoms with Gasteiger partial charge >= 0.3 is 0 Å². The van der Waals surface area contributed by atoms with E-state index < -0.39 is 0 Å². The average Bonchev–Trinajstić information content (AvgIpc) is 3.12. The van der Waals surface area contributed by atoms with Gasteiger partial charge in [0.15, 0.2) is 0 Å². The number of aromatic nitrogens is 2. The fourth-order valence-electron chi connectivity index (χ4n) is 8.96. The van der Waals surface area contributed by atoms with Crippen LogP contribution in [-0.4, -0.2) is 9.97 Å². The summed E-state index contributed by atoms with van der Waals surface area (Å²) in [5, 5.41) is 0. The lowest BCUT2D eigenvalue weighted by Crippen LogP contribution is -2.17. The first kappa shape index (κ1) is 39.9. The van der Waals surface area contributed by atoms with Crippen LogP contribution in [0.15, 0.2) is 24.5 Å². The van der Waals surface area contributed by atoms with Crippen molar-refractivity contribution in [1.82, 2.24) is 9.97 Å². The molecule has 0 saturated heterocycles. The largest absolute Gasteiger partial charge is 0.454 e. The van der Waals surface area contributed by atoms with Gasteiger partial charge in [-0.3, -0.25) is 9.97 Å². The molecule has 3 nitrogen and oxygen atoms in total. The van der Waals surface area contributed by atoms with E-state index in [4.69, 9.17) is 14.7 Å². The summed E-state index contributed by atoms with van der Waals surface area (Å²) in [4.78, 5) is 10.1. The molecular formula is C46H76N2O. The minimum absolute atomic E-state index is 0.788. The minimum Gasteiger partial charge on any atom is -0.454 e. The fraction of sp³-hybridized carbons (Fsp3) is 0.783. The fourth-order valence-corrected chi connectivity index (χ4v) is 8.96. The van der Waals surface area contributed by atoms with E-state index in [1.807, 2.05) is 12.4 Å². The van der Waals surface area contributed by atoms with Crippen molar-refractivity contribution in [3.05, 3.63) is 47.0 Å². The quantitative estimate of drug-likeness (QED) is 0.104. The maximum atomic E-state index is 6.64. The maximum absolute atomic E-state index is 6.64. The second-order valence-electron chi connectivity index (χ2n) is 16.5. The van der Waals surface area contributed by atoms with Crippen molar-refractivity contribution in [3.8, 4) is 11.5 Å². The molecule has 2 aromatic rings. The molecule has 4 rings (SSSR count). The van der Waals surface area contributed by atoms with Crippen LogP contribution < -0.4 is 4.74 Å². The molecule has 2 fully saturated rings. The zero-order valence-corrected chi connectivity index (χ0v) is 32.7. The van der Waals surface area contributed by atoms with E-state index in [2.05, 4.69) is 39.8 Å². The van der Waals surface area contributed by atoms with Gasteiger partial charge < -0.3 is 4.74 Å². The van der Waals surface area contributed by atoms with E-state index in [1.54, 1.807) is 0 Å². The molecule has 2 saturated carbocycles. The number of ether oxygens (including phenoxy) is 1. The number of hydrogen-bond donors (Lipinski definition) is 0. The smallest absolute Gasteiger partial charge is 0.146 e. The lowest BCUT2D eigenvalue weighted by Gasteiger charge is -2.29. The monoisotopic (exact) mass is 673 g/mol. The van der Waals surface area contributed by atoms with E-state index in [1.165, 1.54) is 177 Å². The average molecular weight is 673 g/mol. The third kappa shape index (κ3) is 14.7. The molecule has 2 heterocycles. The Kier molecular flexibility index (Phi) is 19.2. The highest BCUT2D eigenvalue weighted by atomic mass is 16.5. The summed E-state index contributed by atoms with van der Waals surface area (Å²) in [7, 11) is 0. The van der Waals surface area contributed by atoms with Gasteiger partial charge in [-0.15, -0.1) is 0 Å². The number of aryl methyl sites for hydroxylation is 2. The molecule has 276 valence electrons. The Bertz CT molecular complexity index is 1050. The van der Waals surface area contributed by atoms with E-state index >= 15 is 0 Å². The summed E-state index contributed by atoms with van der Waals surface area (Å²) in [6.45, 7) is 9.23. The summed E-state index contributed by atoms with van der Waals surface area (Å²) >= 11 is 0. The van der Waals surface area contributed by atoms with Crippen molar-refractivity contribution < 1.29 is 4.74 Å². The molecule has 0 bridgehead atoms. The molecule has 0 radical (unpaired) electrons. The van der Waals surface area contributed by atoms with Crippen molar-refractivity contribution in [3.63, 3.8) is 0 Å². The molecule has 49 heavy (non-hydrogen) atoms. The van der Waals surface area contributed by atoms with Crippen LogP contribution in [0.1, 0.15) is 204 Å². The second kappa shape index (κ2) is 23.6. The van der Waals surface area contributed by atoms with Crippen LogP contribution in [0.25, 0.3) is 0 Å². The summed E-state index contributed by atoms with van der Waals surface area (Å²) in [5.74, 6) is 5.29. The van der Waals surface area contributed by atoms with Crippen LogP contribution in [0, 0.1) is 23.7 Å². The summed E-state index contributed by atoms with van der Waals surface area (Å²) in [5.41, 5.74) is 5.51. The van der Waals surface area contributed by atoms with E-state index in [-0.39, 0.29) is 0 Å². The first-order valence-corrected chi connectivity index (χ1v) is 21.7. The molecule has 0 unspecified atom stereocenters. The third-order valence-electron chi connectivity index (χ3n) is 12.2. The number of nitrogens with zero attached hydrogens (tertiary/aromatic N) is 2. The van der Waals surface area contributed by atoms with Gasteiger partial charge in [0.05, 0.1) is 12.4 Å². The number of hydrogen-bond acceptors (Lipinski definition) is 3. The highest BCUT2D eigenvalue weighted by molar-refractivity contribution is 5.36.